The average Bonchev–Trinajstić information content (AvgIpc) is 2.73. The molecule has 0 N–H and O–H groups in total. The Morgan fingerprint density at radius 2 is 2.00 bits per heavy atom. The van der Waals surface area contributed by atoms with Crippen LogP contribution < -0.4 is 0 Å². The SMILES string of the molecule is COC(=O)c1nc(-c2cccc(C)c2C)oc1C. The Labute approximate surface area is 106 Å². The first-order valence-corrected chi connectivity index (χ1v) is 5.67. The third-order valence-electron chi connectivity index (χ3n) is 3.01. The summed E-state index contributed by atoms with van der Waals surface area (Å²) in [6.45, 7) is 5.73. The highest BCUT2D eigenvalue weighted by molar-refractivity contribution is 5.88. The van der Waals surface area contributed by atoms with E-state index in [1.165, 1.54) is 7.11 Å². The molecule has 0 unspecified atom stereocenters. The number of rotatable bonds is 2. The lowest BCUT2D eigenvalue weighted by Crippen LogP contribution is -2.03. The van der Waals surface area contributed by atoms with E-state index in [4.69, 9.17) is 4.42 Å². The largest absolute Gasteiger partial charge is 0.464 e. The van der Waals surface area contributed by atoms with Gasteiger partial charge in [0.05, 0.1) is 7.11 Å². The zero-order valence-corrected chi connectivity index (χ0v) is 10.9. The molecule has 0 aliphatic rings. The number of aryl methyl sites for hydroxylation is 2. The van der Waals surface area contributed by atoms with Crippen molar-refractivity contribution in [2.45, 2.75) is 20.8 Å². The van der Waals surface area contributed by atoms with Crippen LogP contribution in [0.1, 0.15) is 27.4 Å². The van der Waals surface area contributed by atoms with Crippen molar-refractivity contribution in [2.75, 3.05) is 7.11 Å². The molecule has 0 bridgehead atoms. The normalized spacial score (nSPS) is 10.4. The molecule has 1 heterocycles. The maximum Gasteiger partial charge on any atom is 0.360 e. The van der Waals surface area contributed by atoms with E-state index in [-0.39, 0.29) is 5.69 Å². The third kappa shape index (κ3) is 2.01. The lowest BCUT2D eigenvalue weighted by molar-refractivity contribution is 0.0593. The number of carbonyl (C=O) groups is 1. The molecule has 4 heteroatoms. The number of nitrogens with zero attached hydrogens (tertiary/aromatic N) is 1. The molecule has 0 saturated carbocycles. The van der Waals surface area contributed by atoms with Gasteiger partial charge in [-0.05, 0) is 38.0 Å². The number of oxazole rings is 1. The van der Waals surface area contributed by atoms with Gasteiger partial charge >= 0.3 is 5.97 Å². The van der Waals surface area contributed by atoms with Crippen LogP contribution in [0, 0.1) is 20.8 Å². The summed E-state index contributed by atoms with van der Waals surface area (Å²) in [7, 11) is 1.33. The molecule has 0 radical (unpaired) electrons. The first-order valence-electron chi connectivity index (χ1n) is 5.67. The molecule has 0 amide bonds. The lowest BCUT2D eigenvalue weighted by Gasteiger charge is -2.03. The van der Waals surface area contributed by atoms with Crippen LogP contribution >= 0.6 is 0 Å². The van der Waals surface area contributed by atoms with E-state index < -0.39 is 5.97 Å². The molecule has 0 saturated heterocycles. The van der Waals surface area contributed by atoms with Gasteiger partial charge in [0, 0.05) is 5.56 Å². The van der Waals surface area contributed by atoms with Crippen molar-refractivity contribution in [3.05, 3.63) is 40.8 Å². The van der Waals surface area contributed by atoms with Crippen molar-refractivity contribution in [1.29, 1.82) is 0 Å². The van der Waals surface area contributed by atoms with Crippen LogP contribution in [0.25, 0.3) is 11.5 Å². The summed E-state index contributed by atoms with van der Waals surface area (Å²) >= 11 is 0. The first-order chi connectivity index (χ1) is 8.54. The molecule has 4 nitrogen and oxygen atoms in total. The second kappa shape index (κ2) is 4.64. The van der Waals surface area contributed by atoms with Gasteiger partial charge in [-0.3, -0.25) is 0 Å². The van der Waals surface area contributed by atoms with Crippen LogP contribution in [0.3, 0.4) is 0 Å². The predicted molar refractivity (Wildman–Crippen MR) is 67.5 cm³/mol. The Morgan fingerprint density at radius 1 is 1.28 bits per heavy atom. The average molecular weight is 245 g/mol. The highest BCUT2D eigenvalue weighted by Crippen LogP contribution is 2.26. The van der Waals surface area contributed by atoms with E-state index in [1.807, 2.05) is 32.0 Å². The van der Waals surface area contributed by atoms with Gasteiger partial charge in [-0.15, -0.1) is 0 Å². The lowest BCUT2D eigenvalue weighted by atomic mass is 10.0. The molecule has 18 heavy (non-hydrogen) atoms. The molecule has 94 valence electrons. The maximum atomic E-state index is 11.5. The van der Waals surface area contributed by atoms with Gasteiger partial charge < -0.3 is 9.15 Å². The van der Waals surface area contributed by atoms with Crippen molar-refractivity contribution < 1.29 is 13.9 Å². The number of benzene rings is 1. The fourth-order valence-electron chi connectivity index (χ4n) is 1.78. The molecule has 0 atom stereocenters. The first kappa shape index (κ1) is 12.4. The number of ether oxygens (including phenoxy) is 1. The van der Waals surface area contributed by atoms with Crippen molar-refractivity contribution in [1.82, 2.24) is 4.98 Å². The zero-order valence-electron chi connectivity index (χ0n) is 10.9. The van der Waals surface area contributed by atoms with Crippen LogP contribution in [0.5, 0.6) is 0 Å². The Kier molecular flexibility index (Phi) is 3.19. The summed E-state index contributed by atoms with van der Waals surface area (Å²) in [6, 6.07) is 5.89. The van der Waals surface area contributed by atoms with Gasteiger partial charge in [-0.25, -0.2) is 9.78 Å². The predicted octanol–water partition coefficient (Wildman–Crippen LogP) is 3.05. The number of esters is 1. The van der Waals surface area contributed by atoms with Crippen LogP contribution in [-0.2, 0) is 4.74 Å². The summed E-state index contributed by atoms with van der Waals surface area (Å²) in [5.41, 5.74) is 3.37. The van der Waals surface area contributed by atoms with Gasteiger partial charge in [-0.1, -0.05) is 12.1 Å². The number of hydrogen-bond acceptors (Lipinski definition) is 4. The van der Waals surface area contributed by atoms with Crippen LogP contribution in [0.15, 0.2) is 22.6 Å². The third-order valence-corrected chi connectivity index (χ3v) is 3.01. The number of methoxy groups -OCH3 is 1. The van der Waals surface area contributed by atoms with E-state index in [1.54, 1.807) is 6.92 Å². The summed E-state index contributed by atoms with van der Waals surface area (Å²) < 4.78 is 10.2. The number of hydrogen-bond donors (Lipinski definition) is 0. The highest BCUT2D eigenvalue weighted by atomic mass is 16.5. The van der Waals surface area contributed by atoms with Crippen molar-refractivity contribution in [3.63, 3.8) is 0 Å². The number of aromatic nitrogens is 1. The molecule has 0 fully saturated rings. The fourth-order valence-corrected chi connectivity index (χ4v) is 1.78. The van der Waals surface area contributed by atoms with Gasteiger partial charge in [0.15, 0.2) is 5.69 Å². The van der Waals surface area contributed by atoms with Crippen molar-refractivity contribution in [2.24, 2.45) is 0 Å². The minimum absolute atomic E-state index is 0.230. The molecule has 0 spiro atoms. The Bertz CT molecular complexity index is 599. The molecule has 1 aromatic heterocycles. The standard InChI is InChI=1S/C14H15NO3/c1-8-6-5-7-11(9(8)2)13-15-12(10(3)18-13)14(16)17-4/h5-7H,1-4H3. The smallest absolute Gasteiger partial charge is 0.360 e. The van der Waals surface area contributed by atoms with E-state index in [2.05, 4.69) is 9.72 Å². The summed E-state index contributed by atoms with van der Waals surface area (Å²) in [4.78, 5) is 15.7. The van der Waals surface area contributed by atoms with Gasteiger partial charge in [0.25, 0.3) is 0 Å². The van der Waals surface area contributed by atoms with Gasteiger partial charge in [0.2, 0.25) is 5.89 Å². The molecule has 0 aliphatic carbocycles. The van der Waals surface area contributed by atoms with E-state index in [0.717, 1.165) is 16.7 Å². The Hall–Kier alpha value is -2.10. The summed E-state index contributed by atoms with van der Waals surface area (Å²) in [5.74, 6) is 0.444. The van der Waals surface area contributed by atoms with Crippen molar-refractivity contribution >= 4 is 5.97 Å². The monoisotopic (exact) mass is 245 g/mol. The summed E-state index contributed by atoms with van der Waals surface area (Å²) in [5, 5.41) is 0. The minimum atomic E-state index is -0.479. The molecule has 2 rings (SSSR count). The second-order valence-corrected chi connectivity index (χ2v) is 4.16. The number of carbonyl (C=O) groups excluding carboxylic acids is 1. The maximum absolute atomic E-state index is 11.5. The van der Waals surface area contributed by atoms with E-state index >= 15 is 0 Å². The van der Waals surface area contributed by atoms with Crippen LogP contribution in [0.4, 0.5) is 0 Å². The Morgan fingerprint density at radius 3 is 2.67 bits per heavy atom. The molecular weight excluding hydrogens is 230 g/mol. The van der Waals surface area contributed by atoms with Gasteiger partial charge in [0.1, 0.15) is 5.76 Å². The molecule has 0 aliphatic heterocycles. The highest BCUT2D eigenvalue weighted by Gasteiger charge is 2.19. The van der Waals surface area contributed by atoms with Gasteiger partial charge in [-0.2, -0.15) is 0 Å². The second-order valence-electron chi connectivity index (χ2n) is 4.16. The molecule has 1 aromatic carbocycles. The molecule has 2 aromatic rings. The minimum Gasteiger partial charge on any atom is -0.464 e. The van der Waals surface area contributed by atoms with E-state index in [9.17, 15) is 4.79 Å². The van der Waals surface area contributed by atoms with Crippen LogP contribution in [-0.4, -0.2) is 18.1 Å². The van der Waals surface area contributed by atoms with E-state index in [0.29, 0.717) is 11.7 Å². The zero-order chi connectivity index (χ0) is 13.3. The fraction of sp³-hybridized carbons (Fsp3) is 0.286. The summed E-state index contributed by atoms with van der Waals surface area (Å²) in [6.07, 6.45) is 0. The topological polar surface area (TPSA) is 52.3 Å². The Balaban J connectivity index is 2.53. The van der Waals surface area contributed by atoms with Crippen LogP contribution in [0.2, 0.25) is 0 Å². The van der Waals surface area contributed by atoms with Crippen molar-refractivity contribution in [3.8, 4) is 11.5 Å². The quantitative estimate of drug-likeness (QED) is 0.763. The molecular formula is C14H15NO3.